The predicted molar refractivity (Wildman–Crippen MR) is 139 cm³/mol. The Labute approximate surface area is 208 Å². The Morgan fingerprint density at radius 2 is 1.80 bits per heavy atom. The molecule has 0 atom stereocenters. The molecular formula is C27H23N3O4S. The van der Waals surface area contributed by atoms with Gasteiger partial charge in [-0.2, -0.15) is 0 Å². The smallest absolute Gasteiger partial charge is 0.270 e. The van der Waals surface area contributed by atoms with Crippen LogP contribution in [-0.4, -0.2) is 29.4 Å². The molecule has 0 aromatic heterocycles. The van der Waals surface area contributed by atoms with Crippen molar-refractivity contribution in [2.24, 2.45) is 0 Å². The van der Waals surface area contributed by atoms with Gasteiger partial charge in [-0.1, -0.05) is 48.0 Å². The molecule has 3 aromatic carbocycles. The quantitative estimate of drug-likeness (QED) is 0.311. The minimum absolute atomic E-state index is 0.0234. The van der Waals surface area contributed by atoms with Crippen LogP contribution >= 0.6 is 12.2 Å². The highest BCUT2D eigenvalue weighted by atomic mass is 32.1. The second-order valence-corrected chi connectivity index (χ2v) is 8.41. The van der Waals surface area contributed by atoms with Crippen LogP contribution in [0.1, 0.15) is 16.7 Å². The largest absolute Gasteiger partial charge is 0.484 e. The first kappa shape index (κ1) is 23.8. The molecule has 35 heavy (non-hydrogen) atoms. The Kier molecular flexibility index (Phi) is 7.03. The van der Waals surface area contributed by atoms with Crippen molar-refractivity contribution in [2.75, 3.05) is 16.8 Å². The lowest BCUT2D eigenvalue weighted by Gasteiger charge is -2.28. The summed E-state index contributed by atoms with van der Waals surface area (Å²) in [5.74, 6) is -0.973. The van der Waals surface area contributed by atoms with E-state index in [2.05, 4.69) is 10.6 Å². The highest BCUT2D eigenvalue weighted by molar-refractivity contribution is 7.80. The number of ether oxygens (including phenoxy) is 1. The van der Waals surface area contributed by atoms with E-state index in [-0.39, 0.29) is 23.2 Å². The zero-order valence-electron chi connectivity index (χ0n) is 19.2. The molecule has 3 amide bonds. The maximum Gasteiger partial charge on any atom is 0.270 e. The van der Waals surface area contributed by atoms with Crippen molar-refractivity contribution in [3.05, 3.63) is 95.1 Å². The van der Waals surface area contributed by atoms with Crippen molar-refractivity contribution in [1.29, 1.82) is 0 Å². The summed E-state index contributed by atoms with van der Waals surface area (Å²) in [5, 5.41) is 5.42. The summed E-state index contributed by atoms with van der Waals surface area (Å²) < 4.78 is 5.64. The molecule has 2 N–H and O–H groups in total. The number of amides is 3. The van der Waals surface area contributed by atoms with E-state index in [1.165, 1.54) is 11.0 Å². The van der Waals surface area contributed by atoms with Crippen LogP contribution in [0.4, 0.5) is 11.4 Å². The molecule has 3 aromatic rings. The summed E-state index contributed by atoms with van der Waals surface area (Å²) in [6, 6.07) is 21.4. The number of benzene rings is 3. The summed E-state index contributed by atoms with van der Waals surface area (Å²) in [7, 11) is 0. The van der Waals surface area contributed by atoms with E-state index in [0.29, 0.717) is 17.0 Å². The van der Waals surface area contributed by atoms with Gasteiger partial charge in [-0.3, -0.25) is 24.6 Å². The van der Waals surface area contributed by atoms with Crippen LogP contribution in [0.3, 0.4) is 0 Å². The van der Waals surface area contributed by atoms with E-state index in [4.69, 9.17) is 17.0 Å². The molecule has 1 aliphatic heterocycles. The first-order chi connectivity index (χ1) is 16.8. The number of para-hydroxylation sites is 1. The van der Waals surface area contributed by atoms with E-state index < -0.39 is 11.8 Å². The van der Waals surface area contributed by atoms with Crippen LogP contribution in [0.15, 0.2) is 78.4 Å². The summed E-state index contributed by atoms with van der Waals surface area (Å²) in [5.41, 5.74) is 3.86. The van der Waals surface area contributed by atoms with Gasteiger partial charge in [0.25, 0.3) is 17.7 Å². The number of carbonyl (C=O) groups is 3. The minimum atomic E-state index is -0.577. The number of hydrogen-bond acceptors (Lipinski definition) is 5. The lowest BCUT2D eigenvalue weighted by molar-refractivity contribution is -0.122. The van der Waals surface area contributed by atoms with Crippen LogP contribution < -0.4 is 20.3 Å². The fourth-order valence-electron chi connectivity index (χ4n) is 3.62. The minimum Gasteiger partial charge on any atom is -0.484 e. The number of aryl methyl sites for hydroxylation is 2. The van der Waals surface area contributed by atoms with Gasteiger partial charge in [0, 0.05) is 5.69 Å². The van der Waals surface area contributed by atoms with E-state index in [1.807, 2.05) is 38.1 Å². The third-order valence-corrected chi connectivity index (χ3v) is 5.60. The van der Waals surface area contributed by atoms with E-state index >= 15 is 0 Å². The van der Waals surface area contributed by atoms with Crippen molar-refractivity contribution in [3.63, 3.8) is 0 Å². The molecular weight excluding hydrogens is 462 g/mol. The summed E-state index contributed by atoms with van der Waals surface area (Å²) >= 11 is 5.21. The number of nitrogens with zero attached hydrogens (tertiary/aromatic N) is 1. The highest BCUT2D eigenvalue weighted by Gasteiger charge is 2.34. The average Bonchev–Trinajstić information content (AvgIpc) is 2.83. The standard InChI is InChI=1S/C27H23N3O4S/c1-17-11-12-23(18(2)13-17)28-24(31)16-34-21-10-6-7-19(14-21)15-22-25(32)29-27(35)30(26(22)33)20-8-4-3-5-9-20/h3-15H,16H2,1-2H3,(H,28,31)(H,29,32,35)/b22-15-. The fourth-order valence-corrected chi connectivity index (χ4v) is 3.90. The van der Waals surface area contributed by atoms with Gasteiger partial charge in [-0.15, -0.1) is 0 Å². The summed E-state index contributed by atoms with van der Waals surface area (Å²) in [6.07, 6.45) is 1.47. The number of rotatable bonds is 6. The molecule has 0 unspecified atom stereocenters. The molecule has 0 aliphatic carbocycles. The van der Waals surface area contributed by atoms with Crippen LogP contribution in [0.5, 0.6) is 5.75 Å². The summed E-state index contributed by atoms with van der Waals surface area (Å²) in [6.45, 7) is 3.72. The highest BCUT2D eigenvalue weighted by Crippen LogP contribution is 2.23. The predicted octanol–water partition coefficient (Wildman–Crippen LogP) is 4.15. The number of hydrogen-bond donors (Lipinski definition) is 2. The molecule has 0 saturated carbocycles. The SMILES string of the molecule is Cc1ccc(NC(=O)COc2cccc(/C=C3/C(=O)NC(=S)N(c4ccccc4)C3=O)c2)c(C)c1. The Morgan fingerprint density at radius 1 is 1.03 bits per heavy atom. The average molecular weight is 486 g/mol. The second kappa shape index (κ2) is 10.3. The maximum absolute atomic E-state index is 13.1. The Morgan fingerprint density at radius 3 is 2.54 bits per heavy atom. The second-order valence-electron chi connectivity index (χ2n) is 8.02. The maximum atomic E-state index is 13.1. The molecule has 1 fully saturated rings. The molecule has 1 aliphatic rings. The first-order valence-electron chi connectivity index (χ1n) is 10.9. The third kappa shape index (κ3) is 5.62. The molecule has 4 rings (SSSR count). The van der Waals surface area contributed by atoms with E-state index in [1.54, 1.807) is 48.5 Å². The number of anilines is 2. The summed E-state index contributed by atoms with van der Waals surface area (Å²) in [4.78, 5) is 39.2. The molecule has 0 radical (unpaired) electrons. The zero-order chi connectivity index (χ0) is 24.9. The Hall–Kier alpha value is -4.30. The zero-order valence-corrected chi connectivity index (χ0v) is 20.0. The topological polar surface area (TPSA) is 87.7 Å². The van der Waals surface area contributed by atoms with Gasteiger partial charge in [-0.25, -0.2) is 0 Å². The van der Waals surface area contributed by atoms with Crippen LogP contribution in [0, 0.1) is 13.8 Å². The van der Waals surface area contributed by atoms with Gasteiger partial charge in [0.05, 0.1) is 5.69 Å². The molecule has 1 saturated heterocycles. The van der Waals surface area contributed by atoms with Gasteiger partial charge < -0.3 is 10.1 Å². The Bertz CT molecular complexity index is 1350. The number of thiocarbonyl (C=S) groups is 1. The van der Waals surface area contributed by atoms with Gasteiger partial charge in [0.1, 0.15) is 11.3 Å². The van der Waals surface area contributed by atoms with Gasteiger partial charge >= 0.3 is 0 Å². The van der Waals surface area contributed by atoms with Crippen molar-refractivity contribution >= 4 is 52.5 Å². The molecule has 8 heteroatoms. The normalized spacial score (nSPS) is 14.6. The number of nitrogens with one attached hydrogen (secondary N) is 2. The Balaban J connectivity index is 1.47. The van der Waals surface area contributed by atoms with Crippen LogP contribution in [0.25, 0.3) is 6.08 Å². The van der Waals surface area contributed by atoms with Crippen LogP contribution in [0.2, 0.25) is 0 Å². The van der Waals surface area contributed by atoms with Crippen molar-refractivity contribution in [2.45, 2.75) is 13.8 Å². The molecule has 0 spiro atoms. The van der Waals surface area contributed by atoms with Gasteiger partial charge in [0.15, 0.2) is 11.7 Å². The van der Waals surface area contributed by atoms with Gasteiger partial charge in [0.2, 0.25) is 0 Å². The van der Waals surface area contributed by atoms with Crippen LogP contribution in [-0.2, 0) is 14.4 Å². The third-order valence-electron chi connectivity index (χ3n) is 5.31. The molecule has 7 nitrogen and oxygen atoms in total. The number of carbonyl (C=O) groups excluding carboxylic acids is 3. The van der Waals surface area contributed by atoms with E-state index in [9.17, 15) is 14.4 Å². The lowest BCUT2D eigenvalue weighted by atomic mass is 10.1. The van der Waals surface area contributed by atoms with Gasteiger partial charge in [-0.05, 0) is 73.6 Å². The van der Waals surface area contributed by atoms with Crippen molar-refractivity contribution in [1.82, 2.24) is 5.32 Å². The van der Waals surface area contributed by atoms with Crippen molar-refractivity contribution in [3.8, 4) is 5.75 Å². The molecule has 1 heterocycles. The first-order valence-corrected chi connectivity index (χ1v) is 11.3. The fraction of sp³-hybridized carbons (Fsp3) is 0.111. The molecule has 176 valence electrons. The lowest BCUT2D eigenvalue weighted by Crippen LogP contribution is -2.54. The monoisotopic (exact) mass is 485 g/mol. The van der Waals surface area contributed by atoms with Crippen molar-refractivity contribution < 1.29 is 19.1 Å². The molecule has 0 bridgehead atoms. The van der Waals surface area contributed by atoms with E-state index in [0.717, 1.165) is 16.8 Å².